The zero-order chi connectivity index (χ0) is 10.8. The minimum absolute atomic E-state index is 0.570. The van der Waals surface area contributed by atoms with Crippen LogP contribution in [0.5, 0.6) is 6.01 Å². The fourth-order valence-electron chi connectivity index (χ4n) is 1.94. The fraction of sp³-hybridized carbons (Fsp3) is 0.455. The van der Waals surface area contributed by atoms with Crippen molar-refractivity contribution in [3.63, 3.8) is 0 Å². The lowest BCUT2D eigenvalue weighted by molar-refractivity contribution is 0.244. The lowest BCUT2D eigenvalue weighted by Crippen LogP contribution is -2.15. The summed E-state index contributed by atoms with van der Waals surface area (Å²) in [4.78, 5) is 11.5. The van der Waals surface area contributed by atoms with Gasteiger partial charge in [-0.3, -0.25) is 0 Å². The van der Waals surface area contributed by atoms with Crippen LogP contribution in [0.1, 0.15) is 6.42 Å². The van der Waals surface area contributed by atoms with Crippen LogP contribution in [-0.2, 0) is 0 Å². The maximum atomic E-state index is 5.63. The molecule has 16 heavy (non-hydrogen) atoms. The Hall–Kier alpha value is -1.62. The highest BCUT2D eigenvalue weighted by molar-refractivity contribution is 5.70. The van der Waals surface area contributed by atoms with Crippen molar-refractivity contribution in [2.24, 2.45) is 5.92 Å². The third-order valence-electron chi connectivity index (χ3n) is 2.85. The van der Waals surface area contributed by atoms with E-state index in [0.717, 1.165) is 18.6 Å². The second-order valence-electron chi connectivity index (χ2n) is 4.09. The summed E-state index contributed by atoms with van der Waals surface area (Å²) in [6, 6.07) is 4.39. The maximum absolute atomic E-state index is 5.63. The molecule has 0 amide bonds. The van der Waals surface area contributed by atoms with E-state index in [4.69, 9.17) is 4.74 Å². The number of rotatable bonds is 3. The van der Waals surface area contributed by atoms with E-state index in [2.05, 4.69) is 20.3 Å². The Balaban J connectivity index is 1.69. The van der Waals surface area contributed by atoms with Gasteiger partial charge in [-0.1, -0.05) is 0 Å². The zero-order valence-corrected chi connectivity index (χ0v) is 8.94. The number of fused-ring (bicyclic) bond motifs is 1. The van der Waals surface area contributed by atoms with Gasteiger partial charge in [-0.25, -0.2) is 4.98 Å². The standard InChI is InChI=1S/C11H14N4O/c1-2-9-10(13-4-1)15-11(14-9)16-7-8-3-5-12-6-8/h1-2,4,8,12H,3,5-7H2,(H,13,14,15)/t8-/m1/s1. The molecule has 3 heterocycles. The van der Waals surface area contributed by atoms with Gasteiger partial charge in [0.15, 0.2) is 5.65 Å². The van der Waals surface area contributed by atoms with Crippen molar-refractivity contribution in [2.75, 3.05) is 19.7 Å². The third kappa shape index (κ3) is 1.86. The summed E-state index contributed by atoms with van der Waals surface area (Å²) < 4.78 is 5.63. The lowest BCUT2D eigenvalue weighted by Gasteiger charge is -2.07. The molecule has 0 aliphatic carbocycles. The first-order valence-corrected chi connectivity index (χ1v) is 5.56. The van der Waals surface area contributed by atoms with Gasteiger partial charge >= 0.3 is 0 Å². The Labute approximate surface area is 93.2 Å². The molecule has 1 atom stereocenters. The first kappa shape index (κ1) is 9.59. The average Bonchev–Trinajstić information content (AvgIpc) is 2.95. The second-order valence-corrected chi connectivity index (χ2v) is 4.09. The molecule has 2 aromatic heterocycles. The molecular weight excluding hydrogens is 204 g/mol. The van der Waals surface area contributed by atoms with Gasteiger partial charge in [0.1, 0.15) is 0 Å². The van der Waals surface area contributed by atoms with Crippen LogP contribution in [0.2, 0.25) is 0 Å². The predicted octanol–water partition coefficient (Wildman–Crippen LogP) is 0.946. The number of hydrogen-bond acceptors (Lipinski definition) is 4. The topological polar surface area (TPSA) is 62.8 Å². The van der Waals surface area contributed by atoms with Gasteiger partial charge in [0.05, 0.1) is 12.1 Å². The number of nitrogens with zero attached hydrogens (tertiary/aromatic N) is 2. The van der Waals surface area contributed by atoms with Crippen molar-refractivity contribution in [1.82, 2.24) is 20.3 Å². The molecule has 1 fully saturated rings. The molecule has 0 radical (unpaired) electrons. The molecule has 5 heteroatoms. The molecule has 0 aromatic carbocycles. The normalized spacial score (nSPS) is 20.4. The minimum atomic E-state index is 0.570. The smallest absolute Gasteiger partial charge is 0.296 e. The number of aromatic amines is 1. The molecule has 3 rings (SSSR count). The van der Waals surface area contributed by atoms with Crippen LogP contribution in [0.15, 0.2) is 18.3 Å². The third-order valence-corrected chi connectivity index (χ3v) is 2.85. The molecule has 0 bridgehead atoms. The minimum Gasteiger partial charge on any atom is -0.464 e. The van der Waals surface area contributed by atoms with Crippen LogP contribution in [0.3, 0.4) is 0 Å². The van der Waals surface area contributed by atoms with Crippen molar-refractivity contribution in [2.45, 2.75) is 6.42 Å². The fourth-order valence-corrected chi connectivity index (χ4v) is 1.94. The number of hydrogen-bond donors (Lipinski definition) is 2. The van der Waals surface area contributed by atoms with Crippen LogP contribution < -0.4 is 10.1 Å². The summed E-state index contributed by atoms with van der Waals surface area (Å²) in [7, 11) is 0. The molecule has 5 nitrogen and oxygen atoms in total. The van der Waals surface area contributed by atoms with Gasteiger partial charge in [-0.05, 0) is 25.1 Å². The maximum Gasteiger partial charge on any atom is 0.296 e. The largest absolute Gasteiger partial charge is 0.464 e. The second kappa shape index (κ2) is 4.09. The van der Waals surface area contributed by atoms with E-state index in [1.807, 2.05) is 12.1 Å². The van der Waals surface area contributed by atoms with E-state index in [1.165, 1.54) is 6.42 Å². The number of aromatic nitrogens is 3. The summed E-state index contributed by atoms with van der Waals surface area (Å²) in [6.45, 7) is 2.85. The highest BCUT2D eigenvalue weighted by Gasteiger charge is 2.15. The van der Waals surface area contributed by atoms with Gasteiger partial charge in [-0.15, -0.1) is 0 Å². The van der Waals surface area contributed by atoms with Crippen molar-refractivity contribution in [1.29, 1.82) is 0 Å². The van der Waals surface area contributed by atoms with E-state index < -0.39 is 0 Å². The van der Waals surface area contributed by atoms with Crippen LogP contribution in [-0.4, -0.2) is 34.6 Å². The molecule has 2 N–H and O–H groups in total. The van der Waals surface area contributed by atoms with Crippen molar-refractivity contribution in [3.8, 4) is 6.01 Å². The number of pyridine rings is 1. The Kier molecular flexibility index (Phi) is 2.46. The summed E-state index contributed by atoms with van der Waals surface area (Å²) in [5, 5.41) is 3.31. The Bertz CT molecular complexity index is 443. The molecule has 1 aliphatic heterocycles. The van der Waals surface area contributed by atoms with Crippen molar-refractivity contribution in [3.05, 3.63) is 18.3 Å². The Morgan fingerprint density at radius 3 is 3.31 bits per heavy atom. The van der Waals surface area contributed by atoms with Crippen LogP contribution >= 0.6 is 0 Å². The van der Waals surface area contributed by atoms with E-state index in [1.54, 1.807) is 6.20 Å². The monoisotopic (exact) mass is 218 g/mol. The molecular formula is C11H14N4O. The number of ether oxygens (including phenoxy) is 1. The quantitative estimate of drug-likeness (QED) is 0.805. The molecule has 84 valence electrons. The van der Waals surface area contributed by atoms with E-state index in [0.29, 0.717) is 24.2 Å². The number of H-pyrrole nitrogens is 1. The van der Waals surface area contributed by atoms with E-state index >= 15 is 0 Å². The Morgan fingerprint density at radius 2 is 2.50 bits per heavy atom. The van der Waals surface area contributed by atoms with E-state index in [9.17, 15) is 0 Å². The van der Waals surface area contributed by atoms with Crippen molar-refractivity contribution >= 4 is 11.2 Å². The Morgan fingerprint density at radius 1 is 1.50 bits per heavy atom. The number of imidazole rings is 1. The molecule has 2 aromatic rings. The van der Waals surface area contributed by atoms with Gasteiger partial charge in [0, 0.05) is 18.7 Å². The van der Waals surface area contributed by atoms with Gasteiger partial charge in [0.2, 0.25) is 0 Å². The number of nitrogens with one attached hydrogen (secondary N) is 2. The first-order valence-electron chi connectivity index (χ1n) is 5.56. The highest BCUT2D eigenvalue weighted by Crippen LogP contribution is 2.14. The molecule has 1 saturated heterocycles. The van der Waals surface area contributed by atoms with Gasteiger partial charge < -0.3 is 15.0 Å². The summed E-state index contributed by atoms with van der Waals surface area (Å²) in [5.41, 5.74) is 1.63. The average molecular weight is 218 g/mol. The summed E-state index contributed by atoms with van der Waals surface area (Å²) in [5.74, 6) is 0.598. The molecule has 0 saturated carbocycles. The molecule has 0 spiro atoms. The zero-order valence-electron chi connectivity index (χ0n) is 8.94. The summed E-state index contributed by atoms with van der Waals surface area (Å²) in [6.07, 6.45) is 2.91. The predicted molar refractivity (Wildman–Crippen MR) is 60.4 cm³/mol. The van der Waals surface area contributed by atoms with E-state index in [-0.39, 0.29) is 0 Å². The van der Waals surface area contributed by atoms with Crippen LogP contribution in [0.4, 0.5) is 0 Å². The lowest BCUT2D eigenvalue weighted by atomic mass is 10.1. The van der Waals surface area contributed by atoms with Gasteiger partial charge in [-0.2, -0.15) is 4.98 Å². The molecule has 0 unspecified atom stereocenters. The van der Waals surface area contributed by atoms with Gasteiger partial charge in [0.25, 0.3) is 6.01 Å². The highest BCUT2D eigenvalue weighted by atomic mass is 16.5. The molecule has 1 aliphatic rings. The SMILES string of the molecule is c1cnc2nc(OC[C@@H]3CCNC3)[nH]c2c1. The summed E-state index contributed by atoms with van der Waals surface area (Å²) >= 11 is 0. The van der Waals surface area contributed by atoms with Crippen LogP contribution in [0, 0.1) is 5.92 Å². The van der Waals surface area contributed by atoms with Crippen LogP contribution in [0.25, 0.3) is 11.2 Å². The first-order chi connectivity index (χ1) is 7.92. The van der Waals surface area contributed by atoms with Crippen molar-refractivity contribution < 1.29 is 4.74 Å².